The van der Waals surface area contributed by atoms with E-state index < -0.39 is 5.60 Å². The zero-order chi connectivity index (χ0) is 19.7. The molecule has 0 amide bonds. The van der Waals surface area contributed by atoms with E-state index in [0.29, 0.717) is 17.6 Å². The van der Waals surface area contributed by atoms with E-state index in [1.165, 1.54) is 20.6 Å². The van der Waals surface area contributed by atoms with Crippen molar-refractivity contribution in [2.24, 2.45) is 0 Å². The minimum absolute atomic E-state index is 0.00445. The van der Waals surface area contributed by atoms with E-state index in [0.717, 1.165) is 44.9 Å². The monoisotopic (exact) mass is 366 g/mol. The molecule has 5 nitrogen and oxygen atoms in total. The second kappa shape index (κ2) is 10.5. The summed E-state index contributed by atoms with van der Waals surface area (Å²) in [6.45, 7) is 5.38. The van der Waals surface area contributed by atoms with Gasteiger partial charge in [-0.05, 0) is 40.0 Å². The van der Waals surface area contributed by atoms with Crippen molar-refractivity contribution in [1.29, 1.82) is 0 Å². The van der Waals surface area contributed by atoms with Crippen molar-refractivity contribution in [3.8, 4) is 0 Å². The molecule has 0 saturated carbocycles. The van der Waals surface area contributed by atoms with Crippen molar-refractivity contribution in [2.45, 2.75) is 84.2 Å². The molecule has 148 valence electrons. The maximum Gasteiger partial charge on any atom is 0.228 e. The molecule has 0 bridgehead atoms. The third-order valence-electron chi connectivity index (χ3n) is 4.81. The summed E-state index contributed by atoms with van der Waals surface area (Å²) in [5, 5.41) is 9.67. The number of hydrogen-bond donors (Lipinski definition) is 1. The first-order valence-electron chi connectivity index (χ1n) is 9.56. The number of carbonyl (C=O) groups excluding carboxylic acids is 2. The van der Waals surface area contributed by atoms with Crippen LogP contribution in [0.2, 0.25) is 0 Å². The molecule has 0 spiro atoms. The van der Waals surface area contributed by atoms with Crippen molar-refractivity contribution in [3.05, 3.63) is 22.7 Å². The molecule has 0 aromatic rings. The SMILES string of the molecule is COC1=C(OC)C(=O)C(CCCCCCCCCC(C)(C)O)=C(C)C1=O. The van der Waals surface area contributed by atoms with Crippen LogP contribution in [0.4, 0.5) is 0 Å². The highest BCUT2D eigenvalue weighted by Crippen LogP contribution is 2.28. The molecule has 0 aromatic heterocycles. The molecule has 0 fully saturated rings. The largest absolute Gasteiger partial charge is 0.489 e. The number of carbonyl (C=O) groups is 2. The average molecular weight is 366 g/mol. The zero-order valence-corrected chi connectivity index (χ0v) is 16.9. The number of allylic oxidation sites excluding steroid dienone is 2. The van der Waals surface area contributed by atoms with Gasteiger partial charge < -0.3 is 14.6 Å². The number of methoxy groups -OCH3 is 2. The smallest absolute Gasteiger partial charge is 0.228 e. The van der Waals surface area contributed by atoms with Gasteiger partial charge in [-0.3, -0.25) is 9.59 Å². The quantitative estimate of drug-likeness (QED) is 0.413. The molecule has 0 unspecified atom stereocenters. The van der Waals surface area contributed by atoms with Crippen LogP contribution in [0.15, 0.2) is 22.7 Å². The van der Waals surface area contributed by atoms with Crippen LogP contribution in [0.3, 0.4) is 0 Å². The molecule has 1 aliphatic rings. The van der Waals surface area contributed by atoms with Crippen LogP contribution >= 0.6 is 0 Å². The minimum Gasteiger partial charge on any atom is -0.489 e. The average Bonchev–Trinajstić information content (AvgIpc) is 2.57. The molecule has 0 saturated heterocycles. The Labute approximate surface area is 157 Å². The van der Waals surface area contributed by atoms with Gasteiger partial charge in [-0.15, -0.1) is 0 Å². The molecule has 26 heavy (non-hydrogen) atoms. The van der Waals surface area contributed by atoms with Crippen LogP contribution in [0.25, 0.3) is 0 Å². The molecule has 1 rings (SSSR count). The molecule has 0 radical (unpaired) electrons. The van der Waals surface area contributed by atoms with Gasteiger partial charge >= 0.3 is 0 Å². The lowest BCUT2D eigenvalue weighted by Gasteiger charge is -2.20. The Balaban J connectivity index is 2.34. The zero-order valence-electron chi connectivity index (χ0n) is 16.9. The minimum atomic E-state index is -0.562. The first-order chi connectivity index (χ1) is 12.2. The summed E-state index contributed by atoms with van der Waals surface area (Å²) in [6.07, 6.45) is 9.00. The number of hydrogen-bond acceptors (Lipinski definition) is 5. The van der Waals surface area contributed by atoms with E-state index in [-0.39, 0.29) is 23.1 Å². The summed E-state index contributed by atoms with van der Waals surface area (Å²) in [7, 11) is 2.76. The number of rotatable bonds is 12. The van der Waals surface area contributed by atoms with Crippen LogP contribution in [-0.2, 0) is 19.1 Å². The molecule has 5 heteroatoms. The van der Waals surface area contributed by atoms with Crippen LogP contribution in [0.1, 0.15) is 78.6 Å². The van der Waals surface area contributed by atoms with Crippen LogP contribution < -0.4 is 0 Å². The van der Waals surface area contributed by atoms with Gasteiger partial charge in [0.25, 0.3) is 0 Å². The van der Waals surface area contributed by atoms with Crippen LogP contribution in [-0.4, -0.2) is 36.5 Å². The predicted octanol–water partition coefficient (Wildman–Crippen LogP) is 4.24. The Bertz CT molecular complexity index is 563. The Morgan fingerprint density at radius 3 is 1.77 bits per heavy atom. The normalized spacial score (nSPS) is 15.8. The lowest BCUT2D eigenvalue weighted by atomic mass is 9.89. The number of Topliss-reactive ketones (excluding diaryl/α,β-unsaturated/α-hetero) is 2. The molecule has 0 aliphatic heterocycles. The summed E-state index contributed by atoms with van der Waals surface area (Å²) in [5.74, 6) is -0.464. The summed E-state index contributed by atoms with van der Waals surface area (Å²) in [6, 6.07) is 0. The van der Waals surface area contributed by atoms with E-state index in [1.807, 2.05) is 13.8 Å². The highest BCUT2D eigenvalue weighted by molar-refractivity contribution is 6.23. The van der Waals surface area contributed by atoms with Crippen molar-refractivity contribution in [3.63, 3.8) is 0 Å². The Morgan fingerprint density at radius 1 is 0.808 bits per heavy atom. The van der Waals surface area contributed by atoms with E-state index in [4.69, 9.17) is 9.47 Å². The fraction of sp³-hybridized carbons (Fsp3) is 0.714. The third kappa shape index (κ3) is 6.60. The molecular formula is C21H34O5. The van der Waals surface area contributed by atoms with E-state index in [9.17, 15) is 14.7 Å². The second-order valence-electron chi connectivity index (χ2n) is 7.62. The topological polar surface area (TPSA) is 72.8 Å². The molecule has 0 atom stereocenters. The molecule has 0 heterocycles. The van der Waals surface area contributed by atoms with Crippen molar-refractivity contribution in [1.82, 2.24) is 0 Å². The first-order valence-corrected chi connectivity index (χ1v) is 9.56. The summed E-state index contributed by atoms with van der Waals surface area (Å²) >= 11 is 0. The highest BCUT2D eigenvalue weighted by Gasteiger charge is 2.34. The Hall–Kier alpha value is -1.62. The maximum atomic E-state index is 12.5. The highest BCUT2D eigenvalue weighted by atomic mass is 16.5. The molecule has 1 N–H and O–H groups in total. The number of unbranched alkanes of at least 4 members (excludes halogenated alkanes) is 6. The summed E-state index contributed by atoms with van der Waals surface area (Å²) in [5.41, 5.74) is 0.463. The van der Waals surface area contributed by atoms with Crippen molar-refractivity contribution in [2.75, 3.05) is 14.2 Å². The standard InChI is InChI=1S/C21H34O5/c1-15-16(18(23)20(26-5)19(25-4)17(15)22)13-11-9-7-6-8-10-12-14-21(2,3)24/h24H,6-14H2,1-5H3. The summed E-state index contributed by atoms with van der Waals surface area (Å²) in [4.78, 5) is 24.8. The van der Waals surface area contributed by atoms with Crippen LogP contribution in [0, 0.1) is 0 Å². The number of aliphatic hydroxyl groups is 1. The van der Waals surface area contributed by atoms with Gasteiger partial charge in [0, 0.05) is 11.1 Å². The fourth-order valence-electron chi connectivity index (χ4n) is 3.24. The molecular weight excluding hydrogens is 332 g/mol. The molecule has 1 aliphatic carbocycles. The van der Waals surface area contributed by atoms with Gasteiger partial charge in [-0.1, -0.05) is 38.5 Å². The van der Waals surface area contributed by atoms with Gasteiger partial charge in [-0.2, -0.15) is 0 Å². The third-order valence-corrected chi connectivity index (χ3v) is 4.81. The van der Waals surface area contributed by atoms with E-state index in [1.54, 1.807) is 6.92 Å². The lowest BCUT2D eigenvalue weighted by Crippen LogP contribution is -2.25. The van der Waals surface area contributed by atoms with Crippen molar-refractivity contribution < 1.29 is 24.2 Å². The predicted molar refractivity (Wildman–Crippen MR) is 102 cm³/mol. The lowest BCUT2D eigenvalue weighted by molar-refractivity contribution is -0.121. The number of ether oxygens (including phenoxy) is 2. The van der Waals surface area contributed by atoms with Gasteiger partial charge in [0.05, 0.1) is 19.8 Å². The van der Waals surface area contributed by atoms with Crippen LogP contribution in [0.5, 0.6) is 0 Å². The Morgan fingerprint density at radius 2 is 1.27 bits per heavy atom. The van der Waals surface area contributed by atoms with Gasteiger partial charge in [0.1, 0.15) is 0 Å². The summed E-state index contributed by atoms with van der Waals surface area (Å²) < 4.78 is 10.1. The van der Waals surface area contributed by atoms with Gasteiger partial charge in [-0.25, -0.2) is 0 Å². The second-order valence-corrected chi connectivity index (χ2v) is 7.62. The maximum absolute atomic E-state index is 12.5. The Kier molecular flexibility index (Phi) is 9.06. The van der Waals surface area contributed by atoms with Gasteiger partial charge in [0.2, 0.25) is 23.1 Å². The van der Waals surface area contributed by atoms with E-state index >= 15 is 0 Å². The van der Waals surface area contributed by atoms with E-state index in [2.05, 4.69) is 0 Å². The van der Waals surface area contributed by atoms with Crippen molar-refractivity contribution >= 4 is 11.6 Å². The fourth-order valence-corrected chi connectivity index (χ4v) is 3.24. The van der Waals surface area contributed by atoms with Gasteiger partial charge in [0.15, 0.2) is 0 Å². The number of ketones is 2. The first kappa shape index (κ1) is 22.4. The molecule has 0 aromatic carbocycles.